The first-order valence-corrected chi connectivity index (χ1v) is 6.42. The van der Waals surface area contributed by atoms with E-state index in [9.17, 15) is 0 Å². The van der Waals surface area contributed by atoms with Gasteiger partial charge in [0.05, 0.1) is 0 Å². The molecule has 4 rings (SSSR count). The summed E-state index contributed by atoms with van der Waals surface area (Å²) >= 11 is 0. The summed E-state index contributed by atoms with van der Waals surface area (Å²) in [6.45, 7) is 0. The molecule has 4 aromatic carbocycles. The Morgan fingerprint density at radius 3 is 2.26 bits per heavy atom. The molecule has 0 bridgehead atoms. The Balaban J connectivity index is 2.23. The van der Waals surface area contributed by atoms with Crippen molar-refractivity contribution in [1.29, 1.82) is 0 Å². The molecule has 0 fully saturated rings. The normalized spacial score (nSPS) is 11.4. The maximum atomic E-state index is 5.88. The topological polar surface area (TPSA) is 26.0 Å². The minimum Gasteiger partial charge on any atom is -0.399 e. The lowest BCUT2D eigenvalue weighted by atomic mass is 9.98. The number of nitrogens with two attached hydrogens (primary N) is 1. The van der Waals surface area contributed by atoms with Crippen molar-refractivity contribution in [3.63, 3.8) is 0 Å². The van der Waals surface area contributed by atoms with Crippen LogP contribution in [0.15, 0.2) is 66.7 Å². The van der Waals surface area contributed by atoms with Gasteiger partial charge in [0.15, 0.2) is 0 Å². The molecule has 0 aliphatic carbocycles. The number of benzene rings is 4. The van der Waals surface area contributed by atoms with Gasteiger partial charge in [0, 0.05) is 5.69 Å². The summed E-state index contributed by atoms with van der Waals surface area (Å²) in [5, 5.41) is 7.57. The molecular weight excluding hydrogens is 230 g/mol. The predicted molar refractivity (Wildman–Crippen MR) is 83.4 cm³/mol. The monoisotopic (exact) mass is 243 g/mol. The van der Waals surface area contributed by atoms with Crippen LogP contribution in [0.25, 0.3) is 32.3 Å². The van der Waals surface area contributed by atoms with Gasteiger partial charge in [-0.05, 0) is 56.6 Å². The smallest absolute Gasteiger partial charge is 0.0320 e. The van der Waals surface area contributed by atoms with Crippen molar-refractivity contribution in [2.45, 2.75) is 0 Å². The molecule has 19 heavy (non-hydrogen) atoms. The van der Waals surface area contributed by atoms with Crippen LogP contribution in [0.2, 0.25) is 0 Å². The van der Waals surface area contributed by atoms with Gasteiger partial charge in [-0.25, -0.2) is 0 Å². The second kappa shape index (κ2) is 3.72. The largest absolute Gasteiger partial charge is 0.399 e. The highest BCUT2D eigenvalue weighted by molar-refractivity contribution is 6.12. The van der Waals surface area contributed by atoms with Crippen LogP contribution >= 0.6 is 0 Å². The fraction of sp³-hybridized carbons (Fsp3) is 0. The SMILES string of the molecule is Nc1ccc2cc3ccc4ccccc4c3cc2c1. The summed E-state index contributed by atoms with van der Waals surface area (Å²) in [6, 6.07) is 23.4. The molecule has 1 heteroatoms. The minimum absolute atomic E-state index is 0.812. The first kappa shape index (κ1) is 10.4. The van der Waals surface area contributed by atoms with Gasteiger partial charge in [0.25, 0.3) is 0 Å². The van der Waals surface area contributed by atoms with Crippen LogP contribution in [-0.4, -0.2) is 0 Å². The van der Waals surface area contributed by atoms with E-state index in [0.29, 0.717) is 0 Å². The molecule has 0 aliphatic heterocycles. The van der Waals surface area contributed by atoms with Crippen molar-refractivity contribution >= 4 is 38.0 Å². The average molecular weight is 243 g/mol. The maximum absolute atomic E-state index is 5.88. The summed E-state index contributed by atoms with van der Waals surface area (Å²) in [5.41, 5.74) is 6.69. The van der Waals surface area contributed by atoms with E-state index in [1.165, 1.54) is 32.3 Å². The molecule has 0 amide bonds. The van der Waals surface area contributed by atoms with E-state index in [4.69, 9.17) is 5.73 Å². The summed E-state index contributed by atoms with van der Waals surface area (Å²) in [7, 11) is 0. The maximum Gasteiger partial charge on any atom is 0.0320 e. The fourth-order valence-corrected chi connectivity index (χ4v) is 2.77. The van der Waals surface area contributed by atoms with Crippen LogP contribution < -0.4 is 5.73 Å². The van der Waals surface area contributed by atoms with Crippen molar-refractivity contribution in [3.05, 3.63) is 66.7 Å². The van der Waals surface area contributed by atoms with E-state index < -0.39 is 0 Å². The highest BCUT2D eigenvalue weighted by atomic mass is 14.5. The Hall–Kier alpha value is -2.54. The van der Waals surface area contributed by atoms with Crippen LogP contribution in [0.1, 0.15) is 0 Å². The summed E-state index contributed by atoms with van der Waals surface area (Å²) in [6.07, 6.45) is 0. The lowest BCUT2D eigenvalue weighted by molar-refractivity contribution is 1.75. The van der Waals surface area contributed by atoms with Crippen molar-refractivity contribution < 1.29 is 0 Å². The Morgan fingerprint density at radius 2 is 1.32 bits per heavy atom. The van der Waals surface area contributed by atoms with Gasteiger partial charge >= 0.3 is 0 Å². The van der Waals surface area contributed by atoms with Crippen LogP contribution in [0.5, 0.6) is 0 Å². The molecular formula is C18H13N. The van der Waals surface area contributed by atoms with Crippen molar-refractivity contribution in [2.75, 3.05) is 5.73 Å². The fourth-order valence-electron chi connectivity index (χ4n) is 2.77. The van der Waals surface area contributed by atoms with E-state index in [1.54, 1.807) is 0 Å². The van der Waals surface area contributed by atoms with Gasteiger partial charge in [0.1, 0.15) is 0 Å². The minimum atomic E-state index is 0.812. The number of hydrogen-bond acceptors (Lipinski definition) is 1. The molecule has 0 heterocycles. The molecule has 0 atom stereocenters. The standard InChI is InChI=1S/C18H13N/c19-16-8-7-13-9-14-6-5-12-3-1-2-4-17(12)18(14)11-15(13)10-16/h1-11H,19H2. The van der Waals surface area contributed by atoms with Crippen molar-refractivity contribution in [3.8, 4) is 0 Å². The second-order valence-corrected chi connectivity index (χ2v) is 4.97. The van der Waals surface area contributed by atoms with Crippen molar-refractivity contribution in [2.24, 2.45) is 0 Å². The first-order valence-electron chi connectivity index (χ1n) is 6.42. The third-order valence-electron chi connectivity index (χ3n) is 3.73. The number of rotatable bonds is 0. The molecule has 0 saturated carbocycles. The van der Waals surface area contributed by atoms with Crippen LogP contribution in [-0.2, 0) is 0 Å². The molecule has 0 unspecified atom stereocenters. The highest BCUT2D eigenvalue weighted by Crippen LogP contribution is 2.30. The molecule has 2 N–H and O–H groups in total. The third-order valence-corrected chi connectivity index (χ3v) is 3.73. The van der Waals surface area contributed by atoms with Gasteiger partial charge in [0.2, 0.25) is 0 Å². The zero-order valence-corrected chi connectivity index (χ0v) is 10.4. The van der Waals surface area contributed by atoms with Crippen LogP contribution in [0, 0.1) is 0 Å². The molecule has 0 radical (unpaired) electrons. The summed E-state index contributed by atoms with van der Waals surface area (Å²) in [5.74, 6) is 0. The zero-order valence-electron chi connectivity index (χ0n) is 10.4. The quantitative estimate of drug-likeness (QED) is 0.270. The lowest BCUT2D eigenvalue weighted by Crippen LogP contribution is -1.84. The Morgan fingerprint density at radius 1 is 0.526 bits per heavy atom. The molecule has 1 nitrogen and oxygen atoms in total. The molecule has 4 aromatic rings. The Kier molecular flexibility index (Phi) is 2.04. The van der Waals surface area contributed by atoms with Crippen LogP contribution in [0.4, 0.5) is 5.69 Å². The van der Waals surface area contributed by atoms with Gasteiger partial charge in [-0.1, -0.05) is 42.5 Å². The van der Waals surface area contributed by atoms with E-state index in [-0.39, 0.29) is 0 Å². The van der Waals surface area contributed by atoms with E-state index in [1.807, 2.05) is 12.1 Å². The lowest BCUT2D eigenvalue weighted by Gasteiger charge is -2.07. The molecule has 90 valence electrons. The highest BCUT2D eigenvalue weighted by Gasteiger charge is 2.02. The number of nitrogen functional groups attached to an aromatic ring is 1. The second-order valence-electron chi connectivity index (χ2n) is 4.97. The van der Waals surface area contributed by atoms with E-state index in [0.717, 1.165) is 5.69 Å². The van der Waals surface area contributed by atoms with Crippen LogP contribution in [0.3, 0.4) is 0 Å². The van der Waals surface area contributed by atoms with Gasteiger partial charge in [-0.3, -0.25) is 0 Å². The Labute approximate surface area is 111 Å². The van der Waals surface area contributed by atoms with E-state index >= 15 is 0 Å². The number of fused-ring (bicyclic) bond motifs is 4. The van der Waals surface area contributed by atoms with E-state index in [2.05, 4.69) is 54.6 Å². The predicted octanol–water partition coefficient (Wildman–Crippen LogP) is 4.73. The number of hydrogen-bond donors (Lipinski definition) is 1. The third kappa shape index (κ3) is 1.55. The van der Waals surface area contributed by atoms with Gasteiger partial charge in [-0.2, -0.15) is 0 Å². The number of anilines is 1. The van der Waals surface area contributed by atoms with Gasteiger partial charge < -0.3 is 5.73 Å². The molecule has 0 saturated heterocycles. The molecule has 0 aromatic heterocycles. The first-order chi connectivity index (χ1) is 9.31. The van der Waals surface area contributed by atoms with Gasteiger partial charge in [-0.15, -0.1) is 0 Å². The molecule has 0 spiro atoms. The molecule has 0 aliphatic rings. The average Bonchev–Trinajstić information content (AvgIpc) is 2.45. The zero-order chi connectivity index (χ0) is 12.8. The summed E-state index contributed by atoms with van der Waals surface area (Å²) in [4.78, 5) is 0. The summed E-state index contributed by atoms with van der Waals surface area (Å²) < 4.78 is 0. The Bertz CT molecular complexity index is 922. The van der Waals surface area contributed by atoms with Crippen molar-refractivity contribution in [1.82, 2.24) is 0 Å².